The second-order valence-electron chi connectivity index (χ2n) is 26.3. The van der Waals surface area contributed by atoms with Gasteiger partial charge in [0.25, 0.3) is 0 Å². The van der Waals surface area contributed by atoms with Crippen LogP contribution in [0.15, 0.2) is 0 Å². The molecule has 23 heteroatoms. The van der Waals surface area contributed by atoms with E-state index in [1.54, 1.807) is 0 Å². The predicted octanol–water partition coefficient (Wildman–Crippen LogP) is -2.18. The fraction of sp³-hybridized carbons (Fsp3) is 0.981. The zero-order chi connectivity index (χ0) is 55.2. The summed E-state index contributed by atoms with van der Waals surface area (Å²) in [5.74, 6) is -0.306. The van der Waals surface area contributed by atoms with E-state index in [0.717, 1.165) is 19.3 Å². The van der Waals surface area contributed by atoms with Gasteiger partial charge in [-0.05, 0) is 105 Å². The van der Waals surface area contributed by atoms with Crippen molar-refractivity contribution in [1.29, 1.82) is 0 Å². The first-order chi connectivity index (χ1) is 35.6. The van der Waals surface area contributed by atoms with E-state index in [1.165, 1.54) is 6.92 Å². The molecule has 10 aliphatic rings. The Labute approximate surface area is 442 Å². The molecule has 0 aromatic rings. The van der Waals surface area contributed by atoms with Crippen molar-refractivity contribution in [2.24, 2.45) is 50.2 Å². The number of aliphatic hydroxyl groups is 13. The van der Waals surface area contributed by atoms with Gasteiger partial charge in [-0.3, -0.25) is 4.79 Å². The van der Waals surface area contributed by atoms with Gasteiger partial charge in [0.1, 0.15) is 96.5 Å². The van der Waals surface area contributed by atoms with Crippen molar-refractivity contribution >= 4 is 5.97 Å². The highest BCUT2D eigenvalue weighted by molar-refractivity contribution is 5.82. The molecule has 5 aliphatic carbocycles. The fourth-order valence-electron chi connectivity index (χ4n) is 17.6. The summed E-state index contributed by atoms with van der Waals surface area (Å²) < 4.78 is 55.8. The lowest BCUT2D eigenvalue weighted by atomic mass is 9.30. The van der Waals surface area contributed by atoms with E-state index in [0.29, 0.717) is 44.9 Å². The van der Waals surface area contributed by atoms with Crippen LogP contribution in [0.25, 0.3) is 0 Å². The SMILES string of the molecule is C[C@@H]1O[C@@H](O[C@H]2[C@H](O[C@H]3CO[C@@H](O[C@H]4CC[C@]5(C)[C@H]6CC[C@]78OC(=O)[C@@]9(CC[C@](C)(CO)C[C@H]97)[C@H](O)C[C@@]8(C)[C@]6(C)CC[C@H]5C4(C)C)[C@H](O[C@@H]4O[C@H](CO)[C@@H](O)[C@H](O)[C@H]4O)[C@H]3O)O[C@H](CO)[C@@H](O)[C@@H]2O)[C@H](O)[C@H](O)[C@H]1O. The predicted molar refractivity (Wildman–Crippen MR) is 256 cm³/mol. The van der Waals surface area contributed by atoms with Gasteiger partial charge in [0.05, 0.1) is 38.1 Å². The van der Waals surface area contributed by atoms with Gasteiger partial charge < -0.3 is 109 Å². The second-order valence-corrected chi connectivity index (χ2v) is 26.3. The molecule has 5 saturated heterocycles. The van der Waals surface area contributed by atoms with Crippen LogP contribution in [0.3, 0.4) is 0 Å². The lowest BCUT2D eigenvalue weighted by molar-refractivity contribution is -0.394. The lowest BCUT2D eigenvalue weighted by Crippen LogP contribution is -2.74. The molecule has 0 aromatic carbocycles. The highest BCUT2D eigenvalue weighted by Crippen LogP contribution is 2.81. The third-order valence-corrected chi connectivity index (χ3v) is 22.3. The zero-order valence-corrected chi connectivity index (χ0v) is 44.7. The standard InChI is InChI=1S/C53H86O23/c1-22-31(58)35(62)38(65)42(69-22)75-41-37(64)33(60)24(19-55)71-45(41)72-25-20-68-44(40(34(25)61)74-43-39(66)36(63)32(59)23(18-54)70-43)73-30-10-11-49(5)26(47(30,2)3)8-12-50(6)27(49)9-13-53-28-16-48(4,21-56)14-15-52(28,46(67)76-53)29(57)17-51(50,53)7/h22-45,54-66H,8-21H2,1-7H3/t22-,23+,24+,25-,26-,27+,28+,29+,30-,31-,32+,33+,34-,35+,36-,37-,38+,39+,40+,41+,42-,43-,44-,45-,48-,49-,50+,51-,52+,53-/m0/s1. The van der Waals surface area contributed by atoms with Crippen molar-refractivity contribution in [1.82, 2.24) is 0 Å². The molecule has 5 heterocycles. The maximum absolute atomic E-state index is 14.2. The van der Waals surface area contributed by atoms with Crippen molar-refractivity contribution in [2.45, 2.75) is 247 Å². The molecule has 2 bridgehead atoms. The van der Waals surface area contributed by atoms with Crippen LogP contribution in [-0.2, 0) is 47.4 Å². The van der Waals surface area contributed by atoms with Crippen LogP contribution in [-0.4, -0.2) is 233 Å². The molecule has 13 N–H and O–H groups in total. The van der Waals surface area contributed by atoms with E-state index in [1.807, 2.05) is 0 Å². The van der Waals surface area contributed by atoms with E-state index in [-0.39, 0.29) is 41.2 Å². The van der Waals surface area contributed by atoms with Crippen LogP contribution >= 0.6 is 0 Å². The number of carbonyl (C=O) groups excluding carboxylic acids is 1. The van der Waals surface area contributed by atoms with Crippen molar-refractivity contribution in [3.8, 4) is 0 Å². The van der Waals surface area contributed by atoms with Crippen LogP contribution in [0, 0.1) is 50.2 Å². The van der Waals surface area contributed by atoms with Crippen LogP contribution < -0.4 is 0 Å². The average molecular weight is 1090 g/mol. The fourth-order valence-corrected chi connectivity index (χ4v) is 17.6. The highest BCUT2D eigenvalue weighted by atomic mass is 16.8. The Balaban J connectivity index is 0.906. The molecule has 0 amide bonds. The Morgan fingerprint density at radius 1 is 0.553 bits per heavy atom. The quantitative estimate of drug-likeness (QED) is 0.0772. The zero-order valence-electron chi connectivity index (χ0n) is 44.7. The largest absolute Gasteiger partial charge is 0.458 e. The Kier molecular flexibility index (Phi) is 15.4. The smallest absolute Gasteiger partial charge is 0.315 e. The van der Waals surface area contributed by atoms with Crippen molar-refractivity contribution in [3.63, 3.8) is 0 Å². The first-order valence-electron chi connectivity index (χ1n) is 27.7. The molecule has 5 saturated carbocycles. The first-order valence-corrected chi connectivity index (χ1v) is 27.7. The van der Waals surface area contributed by atoms with E-state index >= 15 is 0 Å². The monoisotopic (exact) mass is 1090 g/mol. The van der Waals surface area contributed by atoms with Gasteiger partial charge in [-0.2, -0.15) is 0 Å². The van der Waals surface area contributed by atoms with E-state index < -0.39 is 176 Å². The molecule has 0 unspecified atom stereocenters. The number of hydrogen-bond acceptors (Lipinski definition) is 23. The number of aliphatic hydroxyl groups excluding tert-OH is 13. The molecule has 1 spiro atoms. The minimum atomic E-state index is -1.90. The molecule has 436 valence electrons. The number of fused-ring (bicyclic) bond motifs is 4. The molecular formula is C53H86O23. The summed E-state index contributed by atoms with van der Waals surface area (Å²) >= 11 is 0. The molecule has 10 fully saturated rings. The van der Waals surface area contributed by atoms with Crippen LogP contribution in [0.1, 0.15) is 113 Å². The maximum Gasteiger partial charge on any atom is 0.315 e. The van der Waals surface area contributed by atoms with Crippen molar-refractivity contribution < 1.29 is 114 Å². The molecule has 0 radical (unpaired) electrons. The molecule has 76 heavy (non-hydrogen) atoms. The third-order valence-electron chi connectivity index (χ3n) is 22.3. The number of ether oxygens (including phenoxy) is 9. The van der Waals surface area contributed by atoms with Crippen molar-refractivity contribution in [3.05, 3.63) is 0 Å². The van der Waals surface area contributed by atoms with Gasteiger partial charge in [0.15, 0.2) is 25.2 Å². The Morgan fingerprint density at radius 3 is 1.79 bits per heavy atom. The average Bonchev–Trinajstić information content (AvgIpc) is 3.85. The number of rotatable bonds is 11. The van der Waals surface area contributed by atoms with Gasteiger partial charge in [0, 0.05) is 17.9 Å². The molecule has 23 nitrogen and oxygen atoms in total. The lowest BCUT2D eigenvalue weighted by Gasteiger charge is -2.74. The van der Waals surface area contributed by atoms with Gasteiger partial charge in [-0.15, -0.1) is 0 Å². The summed E-state index contributed by atoms with van der Waals surface area (Å²) in [6.07, 6.45) is -26.4. The van der Waals surface area contributed by atoms with Crippen LogP contribution in [0.4, 0.5) is 0 Å². The molecular weight excluding hydrogens is 1000 g/mol. The van der Waals surface area contributed by atoms with Crippen LogP contribution in [0.5, 0.6) is 0 Å². The summed E-state index contributed by atoms with van der Waals surface area (Å²) in [6, 6.07) is 0. The first kappa shape index (κ1) is 57.8. The van der Waals surface area contributed by atoms with E-state index in [2.05, 4.69) is 41.5 Å². The Bertz CT molecular complexity index is 2100. The minimum Gasteiger partial charge on any atom is -0.458 e. The Morgan fingerprint density at radius 2 is 1.14 bits per heavy atom. The maximum atomic E-state index is 14.2. The van der Waals surface area contributed by atoms with Gasteiger partial charge >= 0.3 is 5.97 Å². The van der Waals surface area contributed by atoms with Gasteiger partial charge in [-0.1, -0.05) is 41.5 Å². The summed E-state index contributed by atoms with van der Waals surface area (Å²) in [6.45, 7) is 12.7. The topological polar surface area (TPSA) is 363 Å². The van der Waals surface area contributed by atoms with Crippen molar-refractivity contribution in [2.75, 3.05) is 26.4 Å². The summed E-state index contributed by atoms with van der Waals surface area (Å²) in [4.78, 5) is 14.2. The number of esters is 1. The normalized spacial score (nSPS) is 57.9. The molecule has 10 rings (SSSR count). The minimum absolute atomic E-state index is 0.00855. The van der Waals surface area contributed by atoms with Gasteiger partial charge in [0.2, 0.25) is 0 Å². The Hall–Kier alpha value is -1.37. The van der Waals surface area contributed by atoms with Gasteiger partial charge in [-0.25, -0.2) is 0 Å². The second kappa shape index (κ2) is 20.2. The number of carbonyl (C=O) groups is 1. The molecule has 30 atom stereocenters. The summed E-state index contributed by atoms with van der Waals surface area (Å²) in [5, 5.41) is 142. The summed E-state index contributed by atoms with van der Waals surface area (Å²) in [5.41, 5.74) is -3.94. The van der Waals surface area contributed by atoms with E-state index in [9.17, 15) is 71.2 Å². The number of hydrogen-bond donors (Lipinski definition) is 13. The highest BCUT2D eigenvalue weighted by Gasteiger charge is 2.83. The van der Waals surface area contributed by atoms with E-state index in [4.69, 9.17) is 42.6 Å². The summed E-state index contributed by atoms with van der Waals surface area (Å²) in [7, 11) is 0. The molecule has 5 aliphatic heterocycles. The molecule has 0 aromatic heterocycles. The van der Waals surface area contributed by atoms with Crippen LogP contribution in [0.2, 0.25) is 0 Å². The third kappa shape index (κ3) is 8.40.